The van der Waals surface area contributed by atoms with Gasteiger partial charge in [0.2, 0.25) is 0 Å². The third-order valence-electron chi connectivity index (χ3n) is 5.12. The number of pyridine rings is 1. The van der Waals surface area contributed by atoms with Gasteiger partial charge in [0.05, 0.1) is 12.8 Å². The number of thioether (sulfide) groups is 1. The van der Waals surface area contributed by atoms with E-state index in [1.165, 1.54) is 7.11 Å². The molecule has 1 aliphatic rings. The van der Waals surface area contributed by atoms with E-state index in [1.807, 2.05) is 64.2 Å². The number of hydrogen-bond acceptors (Lipinski definition) is 5. The first kappa shape index (κ1) is 20.3. The van der Waals surface area contributed by atoms with Gasteiger partial charge in [0, 0.05) is 54.8 Å². The van der Waals surface area contributed by atoms with Crippen molar-refractivity contribution in [3.63, 3.8) is 0 Å². The van der Waals surface area contributed by atoms with Gasteiger partial charge in [-0.25, -0.2) is 9.78 Å². The molecule has 0 bridgehead atoms. The van der Waals surface area contributed by atoms with E-state index >= 15 is 0 Å². The van der Waals surface area contributed by atoms with Crippen LogP contribution in [0.15, 0.2) is 59.8 Å². The fourth-order valence-electron chi connectivity index (χ4n) is 3.52. The molecular formula is C22H24N4O3S. The Morgan fingerprint density at radius 2 is 1.80 bits per heavy atom. The number of nitrogens with zero attached hydrogens (tertiary/aromatic N) is 4. The van der Waals surface area contributed by atoms with Gasteiger partial charge < -0.3 is 18.9 Å². The molecule has 156 valence electrons. The van der Waals surface area contributed by atoms with E-state index in [-0.39, 0.29) is 12.0 Å². The minimum absolute atomic E-state index is 0.00128. The summed E-state index contributed by atoms with van der Waals surface area (Å²) in [5.74, 6) is 0.767. The largest absolute Gasteiger partial charge is 0.453 e. The Balaban J connectivity index is 1.34. The molecule has 0 atom stereocenters. The first-order chi connectivity index (χ1) is 14.6. The normalized spacial score (nSPS) is 14.6. The van der Waals surface area contributed by atoms with Gasteiger partial charge in [0.25, 0.3) is 5.91 Å². The summed E-state index contributed by atoms with van der Waals surface area (Å²) in [4.78, 5) is 33.7. The molecule has 4 rings (SSSR count). The zero-order valence-corrected chi connectivity index (χ0v) is 17.7. The summed E-state index contributed by atoms with van der Waals surface area (Å²) in [6, 6.07) is 13.7. The minimum Gasteiger partial charge on any atom is -0.453 e. The van der Waals surface area contributed by atoms with Gasteiger partial charge in [0.15, 0.2) is 0 Å². The van der Waals surface area contributed by atoms with Crippen LogP contribution in [0.3, 0.4) is 0 Å². The second-order valence-electron chi connectivity index (χ2n) is 7.11. The monoisotopic (exact) mass is 424 g/mol. The van der Waals surface area contributed by atoms with E-state index in [0.717, 1.165) is 28.4 Å². The lowest BCUT2D eigenvalue weighted by molar-refractivity contribution is 0.0757. The van der Waals surface area contributed by atoms with Crippen molar-refractivity contribution in [1.29, 1.82) is 0 Å². The average Bonchev–Trinajstić information content (AvgIpc) is 3.04. The molecule has 0 radical (unpaired) electrons. The van der Waals surface area contributed by atoms with Crippen LogP contribution in [0.4, 0.5) is 4.79 Å². The Bertz CT molecular complexity index is 1000. The highest BCUT2D eigenvalue weighted by atomic mass is 32.2. The van der Waals surface area contributed by atoms with Crippen LogP contribution in [0, 0.1) is 0 Å². The third-order valence-corrected chi connectivity index (χ3v) is 6.16. The zero-order valence-electron chi connectivity index (χ0n) is 16.9. The van der Waals surface area contributed by atoms with Gasteiger partial charge >= 0.3 is 6.09 Å². The van der Waals surface area contributed by atoms with Crippen LogP contribution in [0.25, 0.3) is 5.65 Å². The van der Waals surface area contributed by atoms with Crippen molar-refractivity contribution in [2.45, 2.75) is 17.1 Å². The molecule has 8 heteroatoms. The molecule has 3 heterocycles. The van der Waals surface area contributed by atoms with Crippen molar-refractivity contribution in [1.82, 2.24) is 19.2 Å². The van der Waals surface area contributed by atoms with E-state index in [1.54, 1.807) is 16.7 Å². The molecule has 2 aromatic heterocycles. The molecule has 1 aromatic carbocycles. The second kappa shape index (κ2) is 9.21. The van der Waals surface area contributed by atoms with Crippen LogP contribution in [0.5, 0.6) is 0 Å². The van der Waals surface area contributed by atoms with Crippen LogP contribution >= 0.6 is 11.8 Å². The van der Waals surface area contributed by atoms with Crippen LogP contribution in [-0.2, 0) is 10.5 Å². The number of aromatic nitrogens is 2. The third kappa shape index (κ3) is 4.59. The molecule has 2 amide bonds. The first-order valence-corrected chi connectivity index (χ1v) is 10.9. The molecule has 1 saturated heterocycles. The SMILES string of the molecule is COC(=O)N1CCCN(C(=O)c2ccc(SCc3cn4ccccc4n3)cc2)CC1. The standard InChI is InChI=1S/C22H24N4O3S/c1-29-22(28)25-12-4-11-24(13-14-25)21(27)17-6-8-19(9-7-17)30-16-18-15-26-10-3-2-5-20(26)23-18/h2-3,5-10,15H,4,11-14,16H2,1H3. The number of rotatable bonds is 4. The van der Waals surface area contributed by atoms with Crippen LogP contribution in [0.1, 0.15) is 22.5 Å². The number of imidazole rings is 1. The van der Waals surface area contributed by atoms with Gasteiger partial charge in [-0.1, -0.05) is 6.07 Å². The van der Waals surface area contributed by atoms with Gasteiger partial charge in [-0.2, -0.15) is 0 Å². The van der Waals surface area contributed by atoms with Crippen molar-refractivity contribution in [3.8, 4) is 0 Å². The average molecular weight is 425 g/mol. The lowest BCUT2D eigenvalue weighted by atomic mass is 10.2. The molecule has 0 N–H and O–H groups in total. The molecular weight excluding hydrogens is 400 g/mol. The Morgan fingerprint density at radius 3 is 2.57 bits per heavy atom. The molecule has 7 nitrogen and oxygen atoms in total. The van der Waals surface area contributed by atoms with Crippen molar-refractivity contribution in [3.05, 3.63) is 66.1 Å². The summed E-state index contributed by atoms with van der Waals surface area (Å²) in [7, 11) is 1.38. The second-order valence-corrected chi connectivity index (χ2v) is 8.16. The van der Waals surface area contributed by atoms with Crippen molar-refractivity contribution < 1.29 is 14.3 Å². The van der Waals surface area contributed by atoms with Crippen molar-refractivity contribution >= 4 is 29.4 Å². The number of carbonyl (C=O) groups is 2. The molecule has 0 saturated carbocycles. The summed E-state index contributed by atoms with van der Waals surface area (Å²) >= 11 is 1.70. The zero-order chi connectivity index (χ0) is 20.9. The number of ether oxygens (including phenoxy) is 1. The number of hydrogen-bond donors (Lipinski definition) is 0. The lowest BCUT2D eigenvalue weighted by Gasteiger charge is -2.21. The predicted molar refractivity (Wildman–Crippen MR) is 116 cm³/mol. The fraction of sp³-hybridized carbons (Fsp3) is 0.318. The Morgan fingerprint density at radius 1 is 1.03 bits per heavy atom. The minimum atomic E-state index is -0.337. The highest BCUT2D eigenvalue weighted by Crippen LogP contribution is 2.23. The maximum absolute atomic E-state index is 12.9. The number of carbonyl (C=O) groups excluding carboxylic acids is 2. The summed E-state index contributed by atoms with van der Waals surface area (Å²) < 4.78 is 6.80. The number of amides is 2. The highest BCUT2D eigenvalue weighted by Gasteiger charge is 2.23. The van der Waals surface area contributed by atoms with E-state index in [0.29, 0.717) is 31.7 Å². The number of benzene rings is 1. The first-order valence-electron chi connectivity index (χ1n) is 9.92. The van der Waals surface area contributed by atoms with Crippen molar-refractivity contribution in [2.24, 2.45) is 0 Å². The Hall–Kier alpha value is -3.00. The molecule has 0 unspecified atom stereocenters. The van der Waals surface area contributed by atoms with Gasteiger partial charge in [0.1, 0.15) is 5.65 Å². The molecule has 0 aliphatic carbocycles. The topological polar surface area (TPSA) is 67.2 Å². The highest BCUT2D eigenvalue weighted by molar-refractivity contribution is 7.98. The van der Waals surface area contributed by atoms with Gasteiger partial charge in [-0.3, -0.25) is 4.79 Å². The summed E-state index contributed by atoms with van der Waals surface area (Å²) in [5, 5.41) is 0. The van der Waals surface area contributed by atoms with Crippen LogP contribution < -0.4 is 0 Å². The van der Waals surface area contributed by atoms with Crippen molar-refractivity contribution in [2.75, 3.05) is 33.3 Å². The van der Waals surface area contributed by atoms with Crippen LogP contribution in [-0.4, -0.2) is 64.5 Å². The molecule has 3 aromatic rings. The molecule has 30 heavy (non-hydrogen) atoms. The van der Waals surface area contributed by atoms with Crippen LogP contribution in [0.2, 0.25) is 0 Å². The van der Waals surface area contributed by atoms with E-state index in [4.69, 9.17) is 4.74 Å². The van der Waals surface area contributed by atoms with Gasteiger partial charge in [-0.05, 0) is 42.8 Å². The Kier molecular flexibility index (Phi) is 6.23. The molecule has 1 aliphatic heterocycles. The number of methoxy groups -OCH3 is 1. The maximum atomic E-state index is 12.9. The smallest absolute Gasteiger partial charge is 0.409 e. The number of fused-ring (bicyclic) bond motifs is 1. The van der Waals surface area contributed by atoms with E-state index in [2.05, 4.69) is 4.98 Å². The van der Waals surface area contributed by atoms with Gasteiger partial charge in [-0.15, -0.1) is 11.8 Å². The quantitative estimate of drug-likeness (QED) is 0.600. The summed E-state index contributed by atoms with van der Waals surface area (Å²) in [6.07, 6.45) is 4.44. The lowest BCUT2D eigenvalue weighted by Crippen LogP contribution is -2.37. The fourth-order valence-corrected chi connectivity index (χ4v) is 4.30. The predicted octanol–water partition coefficient (Wildman–Crippen LogP) is 3.54. The molecule has 0 spiro atoms. The van der Waals surface area contributed by atoms with E-state index < -0.39 is 0 Å². The summed E-state index contributed by atoms with van der Waals surface area (Å²) in [6.45, 7) is 2.25. The van der Waals surface area contributed by atoms with E-state index in [9.17, 15) is 9.59 Å². The Labute approximate surface area is 179 Å². The maximum Gasteiger partial charge on any atom is 0.409 e. The summed E-state index contributed by atoms with van der Waals surface area (Å²) in [5.41, 5.74) is 2.63. The molecule has 1 fully saturated rings.